The fraction of sp³-hybridized carbons (Fsp3) is 0. The Bertz CT molecular complexity index is 1290. The molecule has 2 heterocycles. The van der Waals surface area contributed by atoms with E-state index in [4.69, 9.17) is 5.11 Å². The zero-order valence-corrected chi connectivity index (χ0v) is 15.6. The van der Waals surface area contributed by atoms with E-state index >= 15 is 0 Å². The lowest BCUT2D eigenvalue weighted by atomic mass is 10.0. The Balaban J connectivity index is 1.72. The number of rotatable bonds is 5. The molecule has 7 heteroatoms. The number of phenols is 1. The lowest BCUT2D eigenvalue weighted by molar-refractivity contribution is -0.112. The second-order valence-electron chi connectivity index (χ2n) is 6.59. The fourth-order valence-electron chi connectivity index (χ4n) is 3.28. The fourth-order valence-corrected chi connectivity index (χ4v) is 3.28. The summed E-state index contributed by atoms with van der Waals surface area (Å²) < 4.78 is 1.65. The highest BCUT2D eigenvalue weighted by molar-refractivity contribution is 6.47. The van der Waals surface area contributed by atoms with Gasteiger partial charge in [-0.15, -0.1) is 0 Å². The molecule has 0 radical (unpaired) electrons. The van der Waals surface area contributed by atoms with Crippen LogP contribution in [0.3, 0.4) is 0 Å². The lowest BCUT2D eigenvalue weighted by Gasteiger charge is -2.09. The van der Waals surface area contributed by atoms with Crippen molar-refractivity contribution in [2.24, 2.45) is 0 Å². The van der Waals surface area contributed by atoms with Crippen molar-refractivity contribution in [3.63, 3.8) is 0 Å². The molecule has 4 rings (SSSR count). The number of carboxylic acids is 1. The quantitative estimate of drug-likeness (QED) is 0.349. The van der Waals surface area contributed by atoms with Crippen LogP contribution in [-0.4, -0.2) is 32.3 Å². The summed E-state index contributed by atoms with van der Waals surface area (Å²) in [7, 11) is 0. The van der Waals surface area contributed by atoms with Gasteiger partial charge in [0.25, 0.3) is 11.7 Å². The molecule has 0 fully saturated rings. The van der Waals surface area contributed by atoms with Crippen LogP contribution in [0.4, 0.5) is 5.69 Å². The number of pyridine rings is 1. The van der Waals surface area contributed by atoms with Crippen LogP contribution >= 0.6 is 0 Å². The Kier molecular flexibility index (Phi) is 4.77. The number of aromatic carboxylic acids is 1. The van der Waals surface area contributed by atoms with Gasteiger partial charge in [0.1, 0.15) is 17.0 Å². The van der Waals surface area contributed by atoms with E-state index in [1.807, 2.05) is 48.5 Å². The van der Waals surface area contributed by atoms with E-state index < -0.39 is 23.4 Å². The summed E-state index contributed by atoms with van der Waals surface area (Å²) in [5.74, 6) is -3.47. The normalized spacial score (nSPS) is 10.7. The van der Waals surface area contributed by atoms with Gasteiger partial charge in [-0.05, 0) is 35.9 Å². The highest BCUT2D eigenvalue weighted by Crippen LogP contribution is 2.29. The van der Waals surface area contributed by atoms with Gasteiger partial charge < -0.3 is 19.9 Å². The topological polar surface area (TPSA) is 108 Å². The first-order valence-electron chi connectivity index (χ1n) is 9.03. The number of aromatic hydroxyl groups is 1. The molecule has 7 nitrogen and oxygen atoms in total. The van der Waals surface area contributed by atoms with Crippen LogP contribution in [0.5, 0.6) is 5.75 Å². The number of hydrogen-bond acceptors (Lipinski definition) is 4. The summed E-state index contributed by atoms with van der Waals surface area (Å²) in [6.07, 6.45) is 1.70. The molecule has 4 aromatic rings. The van der Waals surface area contributed by atoms with Gasteiger partial charge >= 0.3 is 5.97 Å². The van der Waals surface area contributed by atoms with Crippen LogP contribution in [0.15, 0.2) is 79.0 Å². The SMILES string of the molecule is O=C(Nc1ccc(C(=O)O)c(O)c1)C(=O)c1c(-c2ccccc2)cc2ccccn12. The molecule has 2 aromatic carbocycles. The molecule has 0 aliphatic carbocycles. The minimum Gasteiger partial charge on any atom is -0.507 e. The van der Waals surface area contributed by atoms with Crippen molar-refractivity contribution in [2.75, 3.05) is 5.32 Å². The second-order valence-corrected chi connectivity index (χ2v) is 6.59. The van der Waals surface area contributed by atoms with E-state index in [-0.39, 0.29) is 16.9 Å². The summed E-state index contributed by atoms with van der Waals surface area (Å²) >= 11 is 0. The standard InChI is InChI=1S/C23H16N2O5/c26-19-12-15(9-10-17(19)23(29)30)24-22(28)21(27)20-18(14-6-2-1-3-7-14)13-16-8-4-5-11-25(16)20/h1-13,26H,(H,24,28)(H,29,30). The Morgan fingerprint density at radius 2 is 1.60 bits per heavy atom. The van der Waals surface area contributed by atoms with Crippen molar-refractivity contribution in [3.05, 3.63) is 90.3 Å². The predicted octanol–water partition coefficient (Wildman–Crippen LogP) is 3.83. The molecule has 0 aliphatic heterocycles. The Morgan fingerprint density at radius 3 is 2.30 bits per heavy atom. The molecule has 0 aliphatic rings. The second kappa shape index (κ2) is 7.56. The molecule has 2 aromatic heterocycles. The maximum absolute atomic E-state index is 13.1. The number of anilines is 1. The van der Waals surface area contributed by atoms with E-state index in [0.29, 0.717) is 5.56 Å². The molecule has 0 atom stereocenters. The van der Waals surface area contributed by atoms with Crippen molar-refractivity contribution in [3.8, 4) is 16.9 Å². The highest BCUT2D eigenvalue weighted by Gasteiger charge is 2.25. The molecule has 148 valence electrons. The monoisotopic (exact) mass is 400 g/mol. The first kappa shape index (κ1) is 18.9. The van der Waals surface area contributed by atoms with Gasteiger partial charge in [0.15, 0.2) is 0 Å². The van der Waals surface area contributed by atoms with Crippen LogP contribution in [0.25, 0.3) is 16.6 Å². The van der Waals surface area contributed by atoms with Gasteiger partial charge in [0.2, 0.25) is 0 Å². The number of hydrogen-bond donors (Lipinski definition) is 3. The molecule has 0 spiro atoms. The molecule has 3 N–H and O–H groups in total. The van der Waals surface area contributed by atoms with Crippen LogP contribution in [0.1, 0.15) is 20.8 Å². The number of Topliss-reactive ketones (excluding diaryl/α,β-unsaturated/α-hetero) is 1. The average Bonchev–Trinajstić information content (AvgIpc) is 3.13. The van der Waals surface area contributed by atoms with Crippen molar-refractivity contribution in [2.45, 2.75) is 0 Å². The van der Waals surface area contributed by atoms with E-state index in [2.05, 4.69) is 5.32 Å². The Labute approximate surface area is 170 Å². The van der Waals surface area contributed by atoms with Gasteiger partial charge in [0, 0.05) is 29.0 Å². The number of carboxylic acid groups (broad SMARTS) is 1. The van der Waals surface area contributed by atoms with Crippen LogP contribution in [0, 0.1) is 0 Å². The summed E-state index contributed by atoms with van der Waals surface area (Å²) in [4.78, 5) is 36.8. The molecule has 0 saturated carbocycles. The van der Waals surface area contributed by atoms with Crippen LogP contribution < -0.4 is 5.32 Å². The number of fused-ring (bicyclic) bond motifs is 1. The zero-order chi connectivity index (χ0) is 21.3. The van der Waals surface area contributed by atoms with E-state index in [1.54, 1.807) is 16.7 Å². The van der Waals surface area contributed by atoms with Crippen LogP contribution in [0.2, 0.25) is 0 Å². The smallest absolute Gasteiger partial charge is 0.339 e. The average molecular weight is 400 g/mol. The Hall–Kier alpha value is -4.39. The Morgan fingerprint density at radius 1 is 0.867 bits per heavy atom. The molecule has 30 heavy (non-hydrogen) atoms. The third kappa shape index (κ3) is 3.40. The molecule has 0 saturated heterocycles. The van der Waals surface area contributed by atoms with Crippen molar-refractivity contribution in [1.82, 2.24) is 4.40 Å². The minimum absolute atomic E-state index is 0.109. The van der Waals surface area contributed by atoms with Crippen LogP contribution in [-0.2, 0) is 4.79 Å². The summed E-state index contributed by atoms with van der Waals surface area (Å²) in [6, 6.07) is 20.1. The zero-order valence-electron chi connectivity index (χ0n) is 15.6. The molecule has 1 amide bonds. The van der Waals surface area contributed by atoms with Gasteiger partial charge in [0.05, 0.1) is 0 Å². The lowest BCUT2D eigenvalue weighted by Crippen LogP contribution is -2.24. The maximum Gasteiger partial charge on any atom is 0.339 e. The third-order valence-electron chi connectivity index (χ3n) is 4.67. The van der Waals surface area contributed by atoms with E-state index in [1.165, 1.54) is 6.07 Å². The predicted molar refractivity (Wildman–Crippen MR) is 111 cm³/mol. The van der Waals surface area contributed by atoms with Gasteiger partial charge in [-0.25, -0.2) is 4.79 Å². The molecule has 0 unspecified atom stereocenters. The number of carbonyl (C=O) groups excluding carboxylic acids is 2. The summed E-state index contributed by atoms with van der Waals surface area (Å²) in [6.45, 7) is 0. The van der Waals surface area contributed by atoms with E-state index in [9.17, 15) is 19.5 Å². The van der Waals surface area contributed by atoms with Crippen molar-refractivity contribution >= 4 is 28.9 Å². The number of carbonyl (C=O) groups is 3. The molecule has 0 bridgehead atoms. The minimum atomic E-state index is -1.30. The summed E-state index contributed by atoms with van der Waals surface area (Å²) in [5, 5.41) is 21.2. The maximum atomic E-state index is 13.1. The molecular weight excluding hydrogens is 384 g/mol. The van der Waals surface area contributed by atoms with Crippen molar-refractivity contribution < 1.29 is 24.6 Å². The van der Waals surface area contributed by atoms with E-state index in [0.717, 1.165) is 23.2 Å². The highest BCUT2D eigenvalue weighted by atomic mass is 16.4. The van der Waals surface area contributed by atoms with Gasteiger partial charge in [-0.2, -0.15) is 0 Å². The van der Waals surface area contributed by atoms with Gasteiger partial charge in [-0.3, -0.25) is 9.59 Å². The largest absolute Gasteiger partial charge is 0.507 e. The first-order valence-corrected chi connectivity index (χ1v) is 9.03. The number of nitrogens with zero attached hydrogens (tertiary/aromatic N) is 1. The number of ketones is 1. The number of benzene rings is 2. The first-order chi connectivity index (χ1) is 14.5. The van der Waals surface area contributed by atoms with Crippen molar-refractivity contribution in [1.29, 1.82) is 0 Å². The third-order valence-corrected chi connectivity index (χ3v) is 4.67. The summed E-state index contributed by atoms with van der Waals surface area (Å²) in [5.41, 5.74) is 2.18. The number of aromatic nitrogens is 1. The molecular formula is C23H16N2O5. The number of nitrogens with one attached hydrogen (secondary N) is 1. The number of amides is 1. The van der Waals surface area contributed by atoms with Gasteiger partial charge in [-0.1, -0.05) is 36.4 Å².